The van der Waals surface area contributed by atoms with Gasteiger partial charge in [-0.1, -0.05) is 12.1 Å². The first-order valence-electron chi connectivity index (χ1n) is 9.34. The van der Waals surface area contributed by atoms with E-state index in [0.717, 1.165) is 37.0 Å². The lowest BCUT2D eigenvalue weighted by Crippen LogP contribution is -2.43. The molecule has 1 fully saturated rings. The molecule has 4 rings (SSSR count). The van der Waals surface area contributed by atoms with Crippen LogP contribution in [0.1, 0.15) is 18.4 Å². The quantitative estimate of drug-likeness (QED) is 0.709. The first kappa shape index (κ1) is 18.1. The molecule has 0 amide bonds. The highest BCUT2D eigenvalue weighted by Gasteiger charge is 2.22. The van der Waals surface area contributed by atoms with Gasteiger partial charge in [0.05, 0.1) is 4.90 Å². The zero-order valence-corrected chi connectivity index (χ0v) is 16.3. The van der Waals surface area contributed by atoms with Crippen molar-refractivity contribution in [1.29, 1.82) is 0 Å². The minimum Gasteiger partial charge on any atom is -0.364 e. The molecule has 0 saturated carbocycles. The highest BCUT2D eigenvalue weighted by Crippen LogP contribution is 2.28. The number of piperidine rings is 1. The SMILES string of the molecule is CS(=O)(=O)c1cccc(CN(c2ccc3[nH]ccc3c2)C2CCNCC2)c1. The molecule has 27 heavy (non-hydrogen) atoms. The van der Waals surface area contributed by atoms with Crippen LogP contribution in [0.3, 0.4) is 0 Å². The molecule has 5 nitrogen and oxygen atoms in total. The molecule has 0 bridgehead atoms. The summed E-state index contributed by atoms with van der Waals surface area (Å²) < 4.78 is 23.9. The maximum absolute atomic E-state index is 11.9. The van der Waals surface area contributed by atoms with Crippen LogP contribution in [0.15, 0.2) is 59.6 Å². The first-order valence-corrected chi connectivity index (χ1v) is 11.2. The van der Waals surface area contributed by atoms with E-state index < -0.39 is 9.84 Å². The van der Waals surface area contributed by atoms with E-state index in [1.54, 1.807) is 12.1 Å². The third kappa shape index (κ3) is 4.01. The van der Waals surface area contributed by atoms with Gasteiger partial charge in [0.2, 0.25) is 0 Å². The Morgan fingerprint density at radius 2 is 1.89 bits per heavy atom. The van der Waals surface area contributed by atoms with Crippen LogP contribution in [0.2, 0.25) is 0 Å². The Kier molecular flexibility index (Phi) is 4.93. The van der Waals surface area contributed by atoms with E-state index in [0.29, 0.717) is 17.5 Å². The number of fused-ring (bicyclic) bond motifs is 1. The van der Waals surface area contributed by atoms with E-state index in [4.69, 9.17) is 0 Å². The largest absolute Gasteiger partial charge is 0.364 e. The number of anilines is 1. The Balaban J connectivity index is 1.69. The second kappa shape index (κ2) is 7.37. The zero-order valence-electron chi connectivity index (χ0n) is 15.5. The molecule has 1 aromatic heterocycles. The normalized spacial score (nSPS) is 15.9. The molecular weight excluding hydrogens is 358 g/mol. The lowest BCUT2D eigenvalue weighted by molar-refractivity contribution is 0.428. The van der Waals surface area contributed by atoms with Crippen molar-refractivity contribution in [3.05, 3.63) is 60.3 Å². The fraction of sp³-hybridized carbons (Fsp3) is 0.333. The lowest BCUT2D eigenvalue weighted by atomic mass is 10.0. The fourth-order valence-corrected chi connectivity index (χ4v) is 4.53. The molecule has 2 N–H and O–H groups in total. The number of H-pyrrole nitrogens is 1. The third-order valence-electron chi connectivity index (χ3n) is 5.30. The minimum absolute atomic E-state index is 0.381. The lowest BCUT2D eigenvalue weighted by Gasteiger charge is -2.36. The third-order valence-corrected chi connectivity index (χ3v) is 6.41. The van der Waals surface area contributed by atoms with Gasteiger partial charge in [-0.15, -0.1) is 0 Å². The number of nitrogens with one attached hydrogen (secondary N) is 2. The summed E-state index contributed by atoms with van der Waals surface area (Å²) in [5.74, 6) is 0. The highest BCUT2D eigenvalue weighted by molar-refractivity contribution is 7.90. The van der Waals surface area contributed by atoms with Crippen LogP contribution >= 0.6 is 0 Å². The van der Waals surface area contributed by atoms with Gasteiger partial charge in [0, 0.05) is 41.6 Å². The molecule has 3 aromatic rings. The summed E-state index contributed by atoms with van der Waals surface area (Å²) in [5, 5.41) is 4.62. The number of hydrogen-bond donors (Lipinski definition) is 2. The average Bonchev–Trinajstić information content (AvgIpc) is 3.14. The summed E-state index contributed by atoms with van der Waals surface area (Å²) in [7, 11) is -3.20. The van der Waals surface area contributed by atoms with E-state index in [2.05, 4.69) is 39.5 Å². The van der Waals surface area contributed by atoms with E-state index in [1.807, 2.05) is 18.3 Å². The van der Waals surface area contributed by atoms with Crippen molar-refractivity contribution in [1.82, 2.24) is 10.3 Å². The second-order valence-electron chi connectivity index (χ2n) is 7.28. The molecule has 0 atom stereocenters. The molecule has 6 heteroatoms. The Morgan fingerprint density at radius 1 is 1.07 bits per heavy atom. The summed E-state index contributed by atoms with van der Waals surface area (Å²) >= 11 is 0. The summed E-state index contributed by atoms with van der Waals surface area (Å²) in [6.45, 7) is 2.72. The average molecular weight is 384 g/mol. The maximum atomic E-state index is 11.9. The smallest absolute Gasteiger partial charge is 0.175 e. The molecule has 1 aliphatic rings. The first-order chi connectivity index (χ1) is 13.0. The predicted octanol–water partition coefficient (Wildman–Crippen LogP) is 3.33. The van der Waals surface area contributed by atoms with Crippen molar-refractivity contribution >= 4 is 26.4 Å². The highest BCUT2D eigenvalue weighted by atomic mass is 32.2. The van der Waals surface area contributed by atoms with Crippen LogP contribution < -0.4 is 10.2 Å². The van der Waals surface area contributed by atoms with Crippen LogP contribution in [-0.2, 0) is 16.4 Å². The number of hydrogen-bond acceptors (Lipinski definition) is 4. The number of benzene rings is 2. The van der Waals surface area contributed by atoms with Crippen molar-refractivity contribution in [2.75, 3.05) is 24.2 Å². The molecule has 0 aliphatic carbocycles. The molecule has 0 unspecified atom stereocenters. The van der Waals surface area contributed by atoms with Crippen LogP contribution in [-0.4, -0.2) is 38.8 Å². The maximum Gasteiger partial charge on any atom is 0.175 e. The van der Waals surface area contributed by atoms with E-state index in [1.165, 1.54) is 17.3 Å². The number of aromatic amines is 1. The Bertz CT molecular complexity index is 1040. The van der Waals surface area contributed by atoms with Gasteiger partial charge in [-0.3, -0.25) is 0 Å². The molecule has 2 heterocycles. The molecule has 1 saturated heterocycles. The van der Waals surface area contributed by atoms with Gasteiger partial charge in [-0.25, -0.2) is 8.42 Å². The minimum atomic E-state index is -3.20. The van der Waals surface area contributed by atoms with Crippen LogP contribution in [0.5, 0.6) is 0 Å². The Hall–Kier alpha value is -2.31. The Morgan fingerprint density at radius 3 is 2.67 bits per heavy atom. The molecule has 0 radical (unpaired) electrons. The molecular formula is C21H25N3O2S. The fourth-order valence-electron chi connectivity index (χ4n) is 3.84. The van der Waals surface area contributed by atoms with Crippen LogP contribution in [0.4, 0.5) is 5.69 Å². The van der Waals surface area contributed by atoms with E-state index in [-0.39, 0.29) is 0 Å². The van der Waals surface area contributed by atoms with Crippen molar-refractivity contribution < 1.29 is 8.42 Å². The van der Waals surface area contributed by atoms with Crippen LogP contribution in [0.25, 0.3) is 10.9 Å². The Labute approximate surface area is 160 Å². The monoisotopic (exact) mass is 383 g/mol. The van der Waals surface area contributed by atoms with Gasteiger partial charge < -0.3 is 15.2 Å². The van der Waals surface area contributed by atoms with Crippen molar-refractivity contribution in [3.63, 3.8) is 0 Å². The molecule has 2 aromatic carbocycles. The van der Waals surface area contributed by atoms with Gasteiger partial charge in [0.15, 0.2) is 9.84 Å². The number of rotatable bonds is 5. The standard InChI is InChI=1S/C21H25N3O2S/c1-27(25,26)20-4-2-3-16(13-20)15-24(18-8-10-22-11-9-18)19-5-6-21-17(14-19)7-12-23-21/h2-7,12-14,18,22-23H,8-11,15H2,1H3. The summed E-state index contributed by atoms with van der Waals surface area (Å²) in [6.07, 6.45) is 5.38. The number of aromatic nitrogens is 1. The summed E-state index contributed by atoms with van der Waals surface area (Å²) in [5.41, 5.74) is 3.33. The molecule has 1 aliphatic heterocycles. The second-order valence-corrected chi connectivity index (χ2v) is 9.29. The number of nitrogens with zero attached hydrogens (tertiary/aromatic N) is 1. The molecule has 142 valence electrons. The van der Waals surface area contributed by atoms with E-state index in [9.17, 15) is 8.42 Å². The number of sulfone groups is 1. The topological polar surface area (TPSA) is 65.2 Å². The van der Waals surface area contributed by atoms with Crippen LogP contribution in [0, 0.1) is 0 Å². The van der Waals surface area contributed by atoms with Crippen molar-refractivity contribution in [2.45, 2.75) is 30.3 Å². The van der Waals surface area contributed by atoms with Gasteiger partial charge in [0.25, 0.3) is 0 Å². The zero-order chi connectivity index (χ0) is 18.9. The van der Waals surface area contributed by atoms with Crippen molar-refractivity contribution in [3.8, 4) is 0 Å². The van der Waals surface area contributed by atoms with Gasteiger partial charge in [0.1, 0.15) is 0 Å². The van der Waals surface area contributed by atoms with Gasteiger partial charge in [-0.05, 0) is 67.9 Å². The van der Waals surface area contributed by atoms with Gasteiger partial charge >= 0.3 is 0 Å². The van der Waals surface area contributed by atoms with Gasteiger partial charge in [-0.2, -0.15) is 0 Å². The van der Waals surface area contributed by atoms with Crippen molar-refractivity contribution in [2.24, 2.45) is 0 Å². The summed E-state index contributed by atoms with van der Waals surface area (Å²) in [4.78, 5) is 6.05. The molecule has 0 spiro atoms. The van der Waals surface area contributed by atoms with E-state index >= 15 is 0 Å². The summed E-state index contributed by atoms with van der Waals surface area (Å²) in [6, 6.07) is 16.3. The predicted molar refractivity (Wildman–Crippen MR) is 110 cm³/mol.